The van der Waals surface area contributed by atoms with Crippen LogP contribution in [0.1, 0.15) is 24.1 Å². The molecule has 2 aliphatic heterocycles. The third-order valence-electron chi connectivity index (χ3n) is 4.19. The van der Waals surface area contributed by atoms with Gasteiger partial charge in [0.15, 0.2) is 0 Å². The summed E-state index contributed by atoms with van der Waals surface area (Å²) in [4.78, 5) is 29.2. The number of carbonyl (C=O) groups excluding carboxylic acids is 2. The zero-order valence-electron chi connectivity index (χ0n) is 14.3. The van der Waals surface area contributed by atoms with Crippen LogP contribution in [0, 0.1) is 0 Å². The Balaban J connectivity index is 1.73. The third-order valence-corrected chi connectivity index (χ3v) is 4.44. The van der Waals surface area contributed by atoms with Gasteiger partial charge in [-0.15, -0.1) is 10.1 Å². The molecule has 2 aromatic rings. The summed E-state index contributed by atoms with van der Waals surface area (Å²) in [7, 11) is 0. The number of halogens is 1. The highest BCUT2D eigenvalue weighted by Gasteiger charge is 2.44. The zero-order valence-corrected chi connectivity index (χ0v) is 15.1. The van der Waals surface area contributed by atoms with E-state index in [9.17, 15) is 9.59 Å². The van der Waals surface area contributed by atoms with Gasteiger partial charge in [-0.25, -0.2) is 4.99 Å². The second-order valence-corrected chi connectivity index (χ2v) is 6.55. The Morgan fingerprint density at radius 2 is 1.85 bits per heavy atom. The van der Waals surface area contributed by atoms with Crippen LogP contribution < -0.4 is 5.32 Å². The molecular formula is C19H15ClN4O3. The smallest absolute Gasteiger partial charge is 0.323 e. The van der Waals surface area contributed by atoms with E-state index in [1.54, 1.807) is 24.3 Å². The van der Waals surface area contributed by atoms with Crippen LogP contribution in [0.25, 0.3) is 0 Å². The molecule has 0 bridgehead atoms. The Labute approximate surface area is 160 Å². The van der Waals surface area contributed by atoms with Crippen molar-refractivity contribution in [2.45, 2.75) is 19.0 Å². The van der Waals surface area contributed by atoms with Crippen LogP contribution in [0.2, 0.25) is 5.02 Å². The van der Waals surface area contributed by atoms with Crippen LogP contribution in [0.5, 0.6) is 0 Å². The highest BCUT2D eigenvalue weighted by atomic mass is 35.5. The molecule has 0 spiro atoms. The largest absolute Gasteiger partial charge is 0.403 e. The van der Waals surface area contributed by atoms with Gasteiger partial charge in [0, 0.05) is 17.5 Å². The number of hydrazone groups is 1. The lowest BCUT2D eigenvalue weighted by Gasteiger charge is -2.30. The summed E-state index contributed by atoms with van der Waals surface area (Å²) >= 11 is 5.95. The molecule has 0 radical (unpaired) electrons. The maximum absolute atomic E-state index is 13.0. The summed E-state index contributed by atoms with van der Waals surface area (Å²) in [6.07, 6.45) is 0. The molecule has 0 aromatic heterocycles. The van der Waals surface area contributed by atoms with Gasteiger partial charge in [-0.2, -0.15) is 0 Å². The number of hydrogen-bond acceptors (Lipinski definition) is 5. The van der Waals surface area contributed by atoms with Crippen molar-refractivity contribution in [2.75, 3.05) is 0 Å². The highest BCUT2D eigenvalue weighted by molar-refractivity contribution is 6.30. The molecule has 2 aromatic carbocycles. The molecule has 2 heterocycles. The Hall–Kier alpha value is -3.19. The number of fused-ring (bicyclic) bond motifs is 1. The molecule has 1 N–H and O–H groups in total. The molecule has 7 nitrogen and oxygen atoms in total. The SMILES string of the molecule is CC(=O)N[C@@H]1C(=O)N2N=C(c3ccccc3)OC2=N[C@@H]1c1ccc(Cl)cc1. The van der Waals surface area contributed by atoms with Crippen LogP contribution in [0.15, 0.2) is 64.7 Å². The molecule has 0 aliphatic carbocycles. The van der Waals surface area contributed by atoms with Crippen LogP contribution in [-0.4, -0.2) is 34.8 Å². The summed E-state index contributed by atoms with van der Waals surface area (Å²) < 4.78 is 5.72. The summed E-state index contributed by atoms with van der Waals surface area (Å²) in [5, 5.41) is 8.56. The fraction of sp³-hybridized carbons (Fsp3) is 0.158. The number of amides is 2. The van der Waals surface area contributed by atoms with Crippen molar-refractivity contribution in [3.05, 3.63) is 70.7 Å². The quantitative estimate of drug-likeness (QED) is 0.885. The third kappa shape index (κ3) is 3.29. The van der Waals surface area contributed by atoms with Crippen molar-refractivity contribution in [1.29, 1.82) is 0 Å². The Kier molecular flexibility index (Phi) is 4.37. The first-order chi connectivity index (χ1) is 13.0. The predicted molar refractivity (Wildman–Crippen MR) is 100 cm³/mol. The van der Waals surface area contributed by atoms with E-state index in [-0.39, 0.29) is 17.8 Å². The van der Waals surface area contributed by atoms with Gasteiger partial charge in [0.05, 0.1) is 0 Å². The van der Waals surface area contributed by atoms with Crippen molar-refractivity contribution in [3.8, 4) is 0 Å². The minimum absolute atomic E-state index is 0.0837. The Morgan fingerprint density at radius 1 is 1.15 bits per heavy atom. The van der Waals surface area contributed by atoms with Crippen LogP contribution in [0.3, 0.4) is 0 Å². The number of aliphatic imine (C=N–C) groups is 1. The first-order valence-corrected chi connectivity index (χ1v) is 8.67. The number of nitrogens with one attached hydrogen (secondary N) is 1. The van der Waals surface area contributed by atoms with Gasteiger partial charge >= 0.3 is 6.02 Å². The van der Waals surface area contributed by atoms with E-state index in [4.69, 9.17) is 16.3 Å². The van der Waals surface area contributed by atoms with Crippen LogP contribution >= 0.6 is 11.6 Å². The first-order valence-electron chi connectivity index (χ1n) is 8.29. The van der Waals surface area contributed by atoms with Gasteiger partial charge in [0.2, 0.25) is 11.8 Å². The van der Waals surface area contributed by atoms with E-state index in [1.165, 1.54) is 6.92 Å². The monoisotopic (exact) mass is 382 g/mol. The summed E-state index contributed by atoms with van der Waals surface area (Å²) in [6, 6.07) is 14.7. The summed E-state index contributed by atoms with van der Waals surface area (Å²) in [6.45, 7) is 1.35. The van der Waals surface area contributed by atoms with E-state index in [0.717, 1.165) is 16.1 Å². The number of ether oxygens (including phenoxy) is 1. The van der Waals surface area contributed by atoms with Gasteiger partial charge in [0.1, 0.15) is 12.1 Å². The van der Waals surface area contributed by atoms with Gasteiger partial charge in [-0.1, -0.05) is 41.9 Å². The minimum atomic E-state index is -0.894. The number of carbonyl (C=O) groups is 2. The maximum atomic E-state index is 13.0. The Morgan fingerprint density at radius 3 is 2.52 bits per heavy atom. The topological polar surface area (TPSA) is 83.4 Å². The van der Waals surface area contributed by atoms with Gasteiger partial charge in [0.25, 0.3) is 5.91 Å². The molecule has 2 aliphatic rings. The second-order valence-electron chi connectivity index (χ2n) is 6.11. The summed E-state index contributed by atoms with van der Waals surface area (Å²) in [5.41, 5.74) is 1.46. The van der Waals surface area contributed by atoms with Crippen molar-refractivity contribution in [2.24, 2.45) is 10.1 Å². The van der Waals surface area contributed by atoms with Crippen molar-refractivity contribution >= 4 is 35.3 Å². The number of rotatable bonds is 3. The molecule has 0 unspecified atom stereocenters. The van der Waals surface area contributed by atoms with Gasteiger partial charge in [-0.3, -0.25) is 9.59 Å². The van der Waals surface area contributed by atoms with Crippen LogP contribution in [-0.2, 0) is 14.3 Å². The van der Waals surface area contributed by atoms with Crippen molar-refractivity contribution in [3.63, 3.8) is 0 Å². The minimum Gasteiger partial charge on any atom is -0.403 e. The molecule has 8 heteroatoms. The van der Waals surface area contributed by atoms with E-state index >= 15 is 0 Å². The number of hydrogen-bond donors (Lipinski definition) is 1. The van der Waals surface area contributed by atoms with Crippen molar-refractivity contribution in [1.82, 2.24) is 10.3 Å². The molecule has 0 fully saturated rings. The molecule has 136 valence electrons. The molecule has 4 rings (SSSR count). The van der Waals surface area contributed by atoms with E-state index in [0.29, 0.717) is 5.02 Å². The lowest BCUT2D eigenvalue weighted by Crippen LogP contribution is -2.53. The maximum Gasteiger partial charge on any atom is 0.323 e. The Bertz CT molecular complexity index is 957. The van der Waals surface area contributed by atoms with Crippen molar-refractivity contribution < 1.29 is 14.3 Å². The molecule has 2 amide bonds. The number of benzene rings is 2. The molecule has 2 atom stereocenters. The van der Waals surface area contributed by atoms with E-state index in [2.05, 4.69) is 15.4 Å². The fourth-order valence-corrected chi connectivity index (χ4v) is 3.08. The predicted octanol–water partition coefficient (Wildman–Crippen LogP) is 2.48. The molecular weight excluding hydrogens is 368 g/mol. The molecule has 0 saturated heterocycles. The fourth-order valence-electron chi connectivity index (χ4n) is 2.95. The zero-order chi connectivity index (χ0) is 19.0. The normalized spacial score (nSPS) is 21.1. The number of amidine groups is 1. The average Bonchev–Trinajstić information content (AvgIpc) is 3.10. The second kappa shape index (κ2) is 6.85. The highest BCUT2D eigenvalue weighted by Crippen LogP contribution is 2.31. The summed E-state index contributed by atoms with van der Waals surface area (Å²) in [5.74, 6) is -0.472. The van der Waals surface area contributed by atoms with Crippen LogP contribution in [0.4, 0.5) is 0 Å². The lowest BCUT2D eigenvalue weighted by atomic mass is 9.97. The number of nitrogens with zero attached hydrogens (tertiary/aromatic N) is 3. The molecule has 27 heavy (non-hydrogen) atoms. The first kappa shape index (κ1) is 17.2. The van der Waals surface area contributed by atoms with E-state index in [1.807, 2.05) is 30.3 Å². The van der Waals surface area contributed by atoms with E-state index < -0.39 is 18.0 Å². The van der Waals surface area contributed by atoms with Gasteiger partial charge < -0.3 is 10.1 Å². The standard InChI is InChI=1S/C19H15ClN4O3/c1-11(25)21-16-15(12-7-9-14(20)10-8-12)22-19-24(18(16)26)23-17(27-19)13-5-3-2-4-6-13/h2-10,15-16H,1H3,(H,21,25)/t15-,16+/m1/s1. The average molecular weight is 383 g/mol. The van der Waals surface area contributed by atoms with Gasteiger partial charge in [-0.05, 0) is 29.8 Å². The molecule has 0 saturated carbocycles. The lowest BCUT2D eigenvalue weighted by molar-refractivity contribution is -0.134.